The van der Waals surface area contributed by atoms with Gasteiger partial charge in [-0.1, -0.05) is 15.9 Å². The van der Waals surface area contributed by atoms with Crippen LogP contribution < -0.4 is 0 Å². The molecule has 1 aromatic rings. The van der Waals surface area contributed by atoms with Crippen molar-refractivity contribution in [1.29, 1.82) is 0 Å². The number of halogens is 2. The van der Waals surface area contributed by atoms with Crippen LogP contribution in [0.4, 0.5) is 10.1 Å². The van der Waals surface area contributed by atoms with Gasteiger partial charge >= 0.3 is 11.7 Å². The zero-order chi connectivity index (χ0) is 11.7. The molecule has 0 amide bonds. The Morgan fingerprint density at radius 3 is 2.60 bits per heavy atom. The maximum Gasteiger partial charge on any atom is 0.338 e. The minimum absolute atomic E-state index is 0.0579. The summed E-state index contributed by atoms with van der Waals surface area (Å²) in [5.74, 6) is -2.87. The Labute approximate surface area is 91.8 Å². The van der Waals surface area contributed by atoms with Gasteiger partial charge in [0.25, 0.3) is 0 Å². The Morgan fingerprint density at radius 2 is 2.20 bits per heavy atom. The largest absolute Gasteiger partial charge is 0.478 e. The summed E-state index contributed by atoms with van der Waals surface area (Å²) >= 11 is 2.93. The zero-order valence-corrected chi connectivity index (χ0v) is 9.04. The van der Waals surface area contributed by atoms with Crippen molar-refractivity contribution in [3.8, 4) is 0 Å². The van der Waals surface area contributed by atoms with Crippen molar-refractivity contribution in [2.45, 2.75) is 6.92 Å². The molecule has 0 radical (unpaired) electrons. The molecule has 0 unspecified atom stereocenters. The molecule has 0 saturated heterocycles. The standard InChI is InChI=1S/C8H5BrFNO4/c1-3-5(9)2-4(8(12)13)6(10)7(3)11(14)15/h2H,1H3,(H,12,13). The van der Waals surface area contributed by atoms with E-state index in [2.05, 4.69) is 15.9 Å². The van der Waals surface area contributed by atoms with Gasteiger partial charge < -0.3 is 5.11 Å². The first-order chi connectivity index (χ1) is 6.86. The summed E-state index contributed by atoms with van der Waals surface area (Å²) in [6.45, 7) is 1.33. The fourth-order valence-corrected chi connectivity index (χ4v) is 1.49. The normalized spacial score (nSPS) is 10.1. The molecular weight excluding hydrogens is 273 g/mol. The van der Waals surface area contributed by atoms with Crippen LogP contribution in [-0.2, 0) is 0 Å². The number of nitrogens with zero attached hydrogens (tertiary/aromatic N) is 1. The highest BCUT2D eigenvalue weighted by molar-refractivity contribution is 9.10. The van der Waals surface area contributed by atoms with Crippen molar-refractivity contribution in [1.82, 2.24) is 0 Å². The number of hydrogen-bond acceptors (Lipinski definition) is 3. The van der Waals surface area contributed by atoms with E-state index in [1.165, 1.54) is 6.92 Å². The zero-order valence-electron chi connectivity index (χ0n) is 7.45. The van der Waals surface area contributed by atoms with Gasteiger partial charge in [0.2, 0.25) is 5.82 Å². The quantitative estimate of drug-likeness (QED) is 0.665. The lowest BCUT2D eigenvalue weighted by Crippen LogP contribution is -2.06. The molecule has 0 saturated carbocycles. The second-order valence-corrected chi connectivity index (χ2v) is 3.61. The fraction of sp³-hybridized carbons (Fsp3) is 0.125. The first-order valence-corrected chi connectivity index (χ1v) is 4.51. The van der Waals surface area contributed by atoms with E-state index < -0.39 is 28.0 Å². The van der Waals surface area contributed by atoms with Crippen LogP contribution in [0.3, 0.4) is 0 Å². The first-order valence-electron chi connectivity index (χ1n) is 3.72. The Balaban J connectivity index is 3.63. The van der Waals surface area contributed by atoms with Gasteiger partial charge in [-0.25, -0.2) is 4.79 Å². The molecule has 0 atom stereocenters. The Bertz CT molecular complexity index is 460. The van der Waals surface area contributed by atoms with Crippen LogP contribution >= 0.6 is 15.9 Å². The molecule has 0 aliphatic rings. The predicted molar refractivity (Wildman–Crippen MR) is 52.5 cm³/mol. The highest BCUT2D eigenvalue weighted by Gasteiger charge is 2.26. The molecule has 5 nitrogen and oxygen atoms in total. The minimum Gasteiger partial charge on any atom is -0.478 e. The van der Waals surface area contributed by atoms with E-state index in [1.54, 1.807) is 0 Å². The van der Waals surface area contributed by atoms with E-state index in [-0.39, 0.29) is 10.0 Å². The van der Waals surface area contributed by atoms with Crippen molar-refractivity contribution < 1.29 is 19.2 Å². The molecule has 0 aliphatic carbocycles. The third-order valence-corrected chi connectivity index (χ3v) is 2.67. The molecule has 0 aromatic heterocycles. The van der Waals surface area contributed by atoms with Crippen LogP contribution in [0.5, 0.6) is 0 Å². The lowest BCUT2D eigenvalue weighted by molar-refractivity contribution is -0.388. The summed E-state index contributed by atoms with van der Waals surface area (Å²) in [5, 5.41) is 19.1. The van der Waals surface area contributed by atoms with E-state index >= 15 is 0 Å². The van der Waals surface area contributed by atoms with Crippen LogP contribution in [0.25, 0.3) is 0 Å². The third-order valence-electron chi connectivity index (χ3n) is 1.84. The monoisotopic (exact) mass is 277 g/mol. The van der Waals surface area contributed by atoms with Crippen LogP contribution in [0.15, 0.2) is 10.5 Å². The van der Waals surface area contributed by atoms with Crippen molar-refractivity contribution in [3.05, 3.63) is 37.6 Å². The van der Waals surface area contributed by atoms with E-state index in [0.29, 0.717) is 0 Å². The lowest BCUT2D eigenvalue weighted by Gasteiger charge is -2.04. The number of carboxylic acids is 1. The molecule has 0 spiro atoms. The summed E-state index contributed by atoms with van der Waals surface area (Å²) in [5.41, 5.74) is -1.48. The Morgan fingerprint density at radius 1 is 1.67 bits per heavy atom. The van der Waals surface area contributed by atoms with Gasteiger partial charge in [0.05, 0.1) is 4.92 Å². The van der Waals surface area contributed by atoms with Crippen LogP contribution in [0.1, 0.15) is 15.9 Å². The van der Waals surface area contributed by atoms with E-state index in [4.69, 9.17) is 5.11 Å². The first kappa shape index (κ1) is 11.6. The van der Waals surface area contributed by atoms with Crippen molar-refractivity contribution in [2.24, 2.45) is 0 Å². The van der Waals surface area contributed by atoms with Crippen LogP contribution in [0, 0.1) is 22.9 Å². The topological polar surface area (TPSA) is 80.4 Å². The highest BCUT2D eigenvalue weighted by Crippen LogP contribution is 2.31. The number of nitro benzene ring substituents is 1. The van der Waals surface area contributed by atoms with E-state index in [9.17, 15) is 19.3 Å². The van der Waals surface area contributed by atoms with Gasteiger partial charge in [0.1, 0.15) is 5.56 Å². The highest BCUT2D eigenvalue weighted by atomic mass is 79.9. The molecular formula is C8H5BrFNO4. The molecule has 1 aromatic carbocycles. The predicted octanol–water partition coefficient (Wildman–Crippen LogP) is 2.50. The number of hydrogen-bond donors (Lipinski definition) is 1. The van der Waals surface area contributed by atoms with Crippen molar-refractivity contribution >= 4 is 27.6 Å². The maximum atomic E-state index is 13.4. The van der Waals surface area contributed by atoms with Gasteiger partial charge in [-0.2, -0.15) is 4.39 Å². The average Bonchev–Trinajstić information content (AvgIpc) is 2.10. The minimum atomic E-state index is -1.55. The van der Waals surface area contributed by atoms with Crippen molar-refractivity contribution in [2.75, 3.05) is 0 Å². The molecule has 1 N–H and O–H groups in total. The second-order valence-electron chi connectivity index (χ2n) is 2.76. The summed E-state index contributed by atoms with van der Waals surface area (Å²) < 4.78 is 13.6. The molecule has 1 rings (SSSR count). The molecule has 7 heteroatoms. The van der Waals surface area contributed by atoms with Crippen molar-refractivity contribution in [3.63, 3.8) is 0 Å². The van der Waals surface area contributed by atoms with Gasteiger partial charge in [-0.3, -0.25) is 10.1 Å². The third kappa shape index (κ3) is 1.96. The molecule has 80 valence electrons. The summed E-state index contributed by atoms with van der Waals surface area (Å²) in [6.07, 6.45) is 0. The maximum absolute atomic E-state index is 13.4. The number of carboxylic acid groups (broad SMARTS) is 1. The van der Waals surface area contributed by atoms with Gasteiger partial charge in [0, 0.05) is 10.0 Å². The van der Waals surface area contributed by atoms with Crippen LogP contribution in [0.2, 0.25) is 0 Å². The molecule has 15 heavy (non-hydrogen) atoms. The average molecular weight is 278 g/mol. The van der Waals surface area contributed by atoms with Gasteiger partial charge in [-0.05, 0) is 13.0 Å². The molecule has 0 fully saturated rings. The number of rotatable bonds is 2. The Kier molecular flexibility index (Phi) is 3.04. The molecule has 0 bridgehead atoms. The van der Waals surface area contributed by atoms with Crippen LogP contribution in [-0.4, -0.2) is 16.0 Å². The fourth-order valence-electron chi connectivity index (χ4n) is 1.08. The number of nitro groups is 1. The van der Waals surface area contributed by atoms with E-state index in [1.807, 2.05) is 0 Å². The molecule has 0 aliphatic heterocycles. The number of aromatic carboxylic acids is 1. The SMILES string of the molecule is Cc1c(Br)cc(C(=O)O)c(F)c1[N+](=O)[O-]. The molecule has 0 heterocycles. The van der Waals surface area contributed by atoms with E-state index in [0.717, 1.165) is 6.07 Å². The number of carbonyl (C=O) groups is 1. The van der Waals surface area contributed by atoms with Gasteiger partial charge in [0.15, 0.2) is 0 Å². The Hall–Kier alpha value is -1.50. The summed E-state index contributed by atoms with van der Waals surface area (Å²) in [4.78, 5) is 20.2. The number of benzene rings is 1. The second kappa shape index (κ2) is 3.93. The van der Waals surface area contributed by atoms with Gasteiger partial charge in [-0.15, -0.1) is 0 Å². The summed E-state index contributed by atoms with van der Waals surface area (Å²) in [6, 6.07) is 1.00. The smallest absolute Gasteiger partial charge is 0.338 e. The lowest BCUT2D eigenvalue weighted by atomic mass is 10.1. The summed E-state index contributed by atoms with van der Waals surface area (Å²) in [7, 11) is 0.